The number of nitrogens with zero attached hydrogens (tertiary/aromatic N) is 1. The van der Waals surface area contributed by atoms with Crippen molar-refractivity contribution in [3.63, 3.8) is 0 Å². The van der Waals surface area contributed by atoms with Crippen molar-refractivity contribution in [2.45, 2.75) is 26.6 Å². The molecule has 1 rings (SSSR count). The highest BCUT2D eigenvalue weighted by atomic mass is 16.7. The van der Waals surface area contributed by atoms with Crippen LogP contribution in [-0.4, -0.2) is 30.3 Å². The van der Waals surface area contributed by atoms with Gasteiger partial charge in [-0.15, -0.1) is 0 Å². The van der Waals surface area contributed by atoms with E-state index >= 15 is 0 Å². The van der Waals surface area contributed by atoms with Gasteiger partial charge in [-0.3, -0.25) is 10.4 Å². The number of nitrogen functional groups attached to an aromatic ring is 1. The molecule has 1 heterocycles. The summed E-state index contributed by atoms with van der Waals surface area (Å²) in [6.45, 7) is 5.03. The molecule has 3 N–H and O–H groups in total. The van der Waals surface area contributed by atoms with E-state index in [-0.39, 0.29) is 12.1 Å². The van der Waals surface area contributed by atoms with Gasteiger partial charge in [0, 0.05) is 37.1 Å². The van der Waals surface area contributed by atoms with Crippen molar-refractivity contribution in [3.8, 4) is 0 Å². The van der Waals surface area contributed by atoms with Crippen molar-refractivity contribution < 1.29 is 9.47 Å². The molecule has 5 heteroatoms. The summed E-state index contributed by atoms with van der Waals surface area (Å²) in [4.78, 5) is 4.21. The van der Waals surface area contributed by atoms with Crippen molar-refractivity contribution in [3.05, 3.63) is 29.6 Å². The van der Waals surface area contributed by atoms with Crippen LogP contribution in [0.2, 0.25) is 0 Å². The molecule has 0 aliphatic rings. The van der Waals surface area contributed by atoms with E-state index in [2.05, 4.69) is 4.98 Å². The standard InChI is InChI=1S/C12H19N3O2/c1-3-16-11(17-4-2)8-10-7-9(12(13)14)5-6-15-10/h5-7,11H,3-4,8H2,1-2H3,(H3,13,14). The van der Waals surface area contributed by atoms with E-state index in [9.17, 15) is 0 Å². The number of hydrogen-bond acceptors (Lipinski definition) is 4. The Bertz CT molecular complexity index is 363. The number of nitrogens with one attached hydrogen (secondary N) is 1. The number of amidine groups is 1. The summed E-state index contributed by atoms with van der Waals surface area (Å²) in [6, 6.07) is 3.50. The zero-order chi connectivity index (χ0) is 12.7. The summed E-state index contributed by atoms with van der Waals surface area (Å²) in [5.41, 5.74) is 6.90. The number of hydrogen-bond donors (Lipinski definition) is 2. The predicted octanol–water partition coefficient (Wildman–Crippen LogP) is 1.31. The first-order valence-corrected chi connectivity index (χ1v) is 5.69. The van der Waals surface area contributed by atoms with Gasteiger partial charge in [0.05, 0.1) is 0 Å². The Balaban J connectivity index is 2.71. The van der Waals surface area contributed by atoms with Crippen LogP contribution in [0.5, 0.6) is 0 Å². The molecule has 5 nitrogen and oxygen atoms in total. The fourth-order valence-corrected chi connectivity index (χ4v) is 1.47. The molecule has 1 aromatic rings. The minimum absolute atomic E-state index is 0.0398. The van der Waals surface area contributed by atoms with Gasteiger partial charge in [-0.05, 0) is 26.0 Å². The summed E-state index contributed by atoms with van der Waals surface area (Å²) in [5, 5.41) is 7.36. The lowest BCUT2D eigenvalue weighted by molar-refractivity contribution is -0.135. The van der Waals surface area contributed by atoms with Gasteiger partial charge >= 0.3 is 0 Å². The Morgan fingerprint density at radius 1 is 1.41 bits per heavy atom. The minimum atomic E-state index is -0.292. The highest BCUT2D eigenvalue weighted by molar-refractivity contribution is 5.94. The molecule has 0 bridgehead atoms. The van der Waals surface area contributed by atoms with Gasteiger partial charge in [-0.2, -0.15) is 0 Å². The zero-order valence-electron chi connectivity index (χ0n) is 10.3. The van der Waals surface area contributed by atoms with E-state index in [4.69, 9.17) is 20.6 Å². The van der Waals surface area contributed by atoms with Crippen LogP contribution in [0.4, 0.5) is 0 Å². The van der Waals surface area contributed by atoms with Crippen LogP contribution in [0.15, 0.2) is 18.3 Å². The molecule has 0 aromatic carbocycles. The van der Waals surface area contributed by atoms with Crippen LogP contribution in [0.1, 0.15) is 25.1 Å². The van der Waals surface area contributed by atoms with E-state index in [0.29, 0.717) is 25.2 Å². The number of aromatic nitrogens is 1. The third kappa shape index (κ3) is 4.50. The van der Waals surface area contributed by atoms with Gasteiger partial charge in [0.15, 0.2) is 6.29 Å². The summed E-state index contributed by atoms with van der Waals surface area (Å²) >= 11 is 0. The van der Waals surface area contributed by atoms with Crippen molar-refractivity contribution >= 4 is 5.84 Å². The Morgan fingerprint density at radius 2 is 2.06 bits per heavy atom. The normalized spacial score (nSPS) is 10.8. The minimum Gasteiger partial charge on any atom is -0.384 e. The first-order valence-electron chi connectivity index (χ1n) is 5.69. The maximum atomic E-state index is 7.36. The van der Waals surface area contributed by atoms with Gasteiger partial charge in [0.1, 0.15) is 5.84 Å². The largest absolute Gasteiger partial charge is 0.384 e. The highest BCUT2D eigenvalue weighted by Gasteiger charge is 2.10. The summed E-state index contributed by atoms with van der Waals surface area (Å²) in [7, 11) is 0. The molecule has 0 saturated carbocycles. The molecule has 0 atom stereocenters. The lowest BCUT2D eigenvalue weighted by atomic mass is 10.2. The molecule has 0 aliphatic carbocycles. The maximum Gasteiger partial charge on any atom is 0.163 e. The molecule has 0 amide bonds. The first-order chi connectivity index (χ1) is 8.17. The average Bonchev–Trinajstić information content (AvgIpc) is 2.30. The number of ether oxygens (including phenoxy) is 2. The topological polar surface area (TPSA) is 81.2 Å². The summed E-state index contributed by atoms with van der Waals surface area (Å²) in [6.07, 6.45) is 1.91. The van der Waals surface area contributed by atoms with Gasteiger partial charge < -0.3 is 15.2 Å². The molecule has 94 valence electrons. The second kappa shape index (κ2) is 6.98. The van der Waals surface area contributed by atoms with Crippen LogP contribution >= 0.6 is 0 Å². The average molecular weight is 237 g/mol. The first kappa shape index (κ1) is 13.6. The number of rotatable bonds is 7. The summed E-state index contributed by atoms with van der Waals surface area (Å²) in [5.74, 6) is 0.0398. The lowest BCUT2D eigenvalue weighted by Gasteiger charge is -2.16. The molecular weight excluding hydrogens is 218 g/mol. The van der Waals surface area contributed by atoms with Gasteiger partial charge in [-0.25, -0.2) is 0 Å². The fourth-order valence-electron chi connectivity index (χ4n) is 1.47. The summed E-state index contributed by atoms with van der Waals surface area (Å²) < 4.78 is 10.9. The van der Waals surface area contributed by atoms with Crippen LogP contribution < -0.4 is 5.73 Å². The molecule has 0 unspecified atom stereocenters. The Hall–Kier alpha value is -1.46. The third-order valence-electron chi connectivity index (χ3n) is 2.21. The van der Waals surface area contributed by atoms with E-state index in [1.807, 2.05) is 13.8 Å². The van der Waals surface area contributed by atoms with Gasteiger partial charge in [0.25, 0.3) is 0 Å². The SMILES string of the molecule is CCOC(Cc1cc(C(=N)N)ccn1)OCC. The molecule has 0 saturated heterocycles. The van der Waals surface area contributed by atoms with Crippen LogP contribution in [0.3, 0.4) is 0 Å². The van der Waals surface area contributed by atoms with Crippen LogP contribution in [0.25, 0.3) is 0 Å². The van der Waals surface area contributed by atoms with E-state index < -0.39 is 0 Å². The fraction of sp³-hybridized carbons (Fsp3) is 0.500. The molecule has 0 radical (unpaired) electrons. The molecule has 0 spiro atoms. The van der Waals surface area contributed by atoms with Crippen LogP contribution in [0, 0.1) is 5.41 Å². The second-order valence-corrected chi connectivity index (χ2v) is 3.49. The molecule has 0 fully saturated rings. The van der Waals surface area contributed by atoms with Crippen molar-refractivity contribution in [2.75, 3.05) is 13.2 Å². The monoisotopic (exact) mass is 237 g/mol. The number of nitrogens with two attached hydrogens (primary N) is 1. The highest BCUT2D eigenvalue weighted by Crippen LogP contribution is 2.07. The third-order valence-corrected chi connectivity index (χ3v) is 2.21. The smallest absolute Gasteiger partial charge is 0.163 e. The Labute approximate surface area is 101 Å². The van der Waals surface area contributed by atoms with E-state index in [0.717, 1.165) is 5.69 Å². The predicted molar refractivity (Wildman–Crippen MR) is 66.0 cm³/mol. The van der Waals surface area contributed by atoms with Crippen LogP contribution in [-0.2, 0) is 15.9 Å². The molecular formula is C12H19N3O2. The second-order valence-electron chi connectivity index (χ2n) is 3.49. The van der Waals surface area contributed by atoms with Gasteiger partial charge in [0.2, 0.25) is 0 Å². The Kier molecular flexibility index (Phi) is 5.59. The quantitative estimate of drug-likeness (QED) is 0.425. The maximum absolute atomic E-state index is 7.36. The van der Waals surface area contributed by atoms with Crippen molar-refractivity contribution in [2.24, 2.45) is 5.73 Å². The Morgan fingerprint density at radius 3 is 2.59 bits per heavy atom. The molecule has 0 aliphatic heterocycles. The molecule has 17 heavy (non-hydrogen) atoms. The lowest BCUT2D eigenvalue weighted by Crippen LogP contribution is -2.21. The van der Waals surface area contributed by atoms with E-state index in [1.54, 1.807) is 18.3 Å². The molecule has 1 aromatic heterocycles. The van der Waals surface area contributed by atoms with Crippen molar-refractivity contribution in [1.82, 2.24) is 4.98 Å². The number of pyridine rings is 1. The zero-order valence-corrected chi connectivity index (χ0v) is 10.3. The van der Waals surface area contributed by atoms with Gasteiger partial charge in [-0.1, -0.05) is 0 Å². The van der Waals surface area contributed by atoms with E-state index in [1.165, 1.54) is 0 Å². The van der Waals surface area contributed by atoms with Crippen molar-refractivity contribution in [1.29, 1.82) is 5.41 Å².